The van der Waals surface area contributed by atoms with Crippen molar-refractivity contribution in [2.24, 2.45) is 0 Å². The number of hydrogen-bond donors (Lipinski definition) is 1. The fraction of sp³-hybridized carbons (Fsp3) is 0.154. The van der Waals surface area contributed by atoms with Crippen LogP contribution in [0.4, 0.5) is 4.39 Å². The van der Waals surface area contributed by atoms with Crippen LogP contribution in [0, 0.1) is 5.82 Å². The van der Waals surface area contributed by atoms with Gasteiger partial charge in [0.1, 0.15) is 10.7 Å². The summed E-state index contributed by atoms with van der Waals surface area (Å²) in [5, 5.41) is 0.696. The fourth-order valence-corrected chi connectivity index (χ4v) is 2.96. The van der Waals surface area contributed by atoms with E-state index >= 15 is 0 Å². The van der Waals surface area contributed by atoms with Crippen LogP contribution < -0.4 is 4.72 Å². The van der Waals surface area contributed by atoms with Crippen LogP contribution in [-0.4, -0.2) is 13.4 Å². The Hall–Kier alpha value is -1.31. The first-order valence-corrected chi connectivity index (χ1v) is 8.36. The lowest BCUT2D eigenvalue weighted by Gasteiger charge is -2.07. The highest BCUT2D eigenvalue weighted by Crippen LogP contribution is 2.12. The summed E-state index contributed by atoms with van der Waals surface area (Å²) in [5.41, 5.74) is 1.88. The summed E-state index contributed by atoms with van der Waals surface area (Å²) in [4.78, 5) is 3.35. The monoisotopic (exact) mass is 358 g/mol. The Morgan fingerprint density at radius 2 is 1.95 bits per heavy atom. The molecule has 1 heterocycles. The lowest BCUT2D eigenvalue weighted by Crippen LogP contribution is -2.23. The van der Waals surface area contributed by atoms with E-state index in [0.717, 1.165) is 29.6 Å². The van der Waals surface area contributed by atoms with Gasteiger partial charge in [-0.1, -0.05) is 40.2 Å². The van der Waals surface area contributed by atoms with Gasteiger partial charge in [0.2, 0.25) is 10.0 Å². The van der Waals surface area contributed by atoms with Crippen molar-refractivity contribution in [3.8, 4) is 0 Å². The number of nitrogens with one attached hydrogen (secondary N) is 1. The van der Waals surface area contributed by atoms with E-state index in [0.29, 0.717) is 5.33 Å². The number of nitrogens with zero attached hydrogens (tertiary/aromatic N) is 1. The first kappa shape index (κ1) is 15.1. The molecule has 7 heteroatoms. The molecule has 1 aromatic carbocycles. The van der Waals surface area contributed by atoms with Gasteiger partial charge >= 0.3 is 0 Å². The van der Waals surface area contributed by atoms with Crippen LogP contribution in [-0.2, 0) is 21.9 Å². The van der Waals surface area contributed by atoms with Crippen LogP contribution in [0.15, 0.2) is 47.6 Å². The molecule has 1 aromatic heterocycles. The summed E-state index contributed by atoms with van der Waals surface area (Å²) in [6.07, 6.45) is 2.07. The Morgan fingerprint density at radius 3 is 2.65 bits per heavy atom. The Bertz CT molecular complexity index is 707. The molecule has 2 rings (SSSR count). The maximum absolute atomic E-state index is 13.0. The van der Waals surface area contributed by atoms with E-state index < -0.39 is 15.8 Å². The van der Waals surface area contributed by atoms with Crippen molar-refractivity contribution in [1.82, 2.24) is 9.71 Å². The fourth-order valence-electron chi connectivity index (χ4n) is 1.62. The molecule has 0 aliphatic carbocycles. The molecule has 1 N–H and O–H groups in total. The number of benzene rings is 1. The number of pyridine rings is 1. The average molecular weight is 359 g/mol. The van der Waals surface area contributed by atoms with Crippen LogP contribution in [0.5, 0.6) is 0 Å². The molecule has 0 amide bonds. The van der Waals surface area contributed by atoms with Crippen molar-refractivity contribution in [3.63, 3.8) is 0 Å². The summed E-state index contributed by atoms with van der Waals surface area (Å²) >= 11 is 3.34. The summed E-state index contributed by atoms with van der Waals surface area (Å²) in [6, 6.07) is 8.43. The molecule has 0 bridgehead atoms. The van der Waals surface area contributed by atoms with Crippen LogP contribution in [0.3, 0.4) is 0 Å². The SMILES string of the molecule is O=S(=O)(NCc1cccc(CBr)c1)c1cncc(F)c1. The third-order valence-electron chi connectivity index (χ3n) is 2.60. The standard InChI is InChI=1S/C13H12BrFN2O2S/c14-6-10-2-1-3-11(4-10)7-17-20(18,19)13-5-12(15)8-16-9-13/h1-5,8-9,17H,6-7H2. The van der Waals surface area contributed by atoms with Crippen molar-refractivity contribution >= 4 is 26.0 Å². The number of sulfonamides is 1. The summed E-state index contributed by atoms with van der Waals surface area (Å²) in [6.45, 7) is 0.139. The molecule has 0 aliphatic heterocycles. The zero-order chi connectivity index (χ0) is 14.6. The van der Waals surface area contributed by atoms with E-state index in [-0.39, 0.29) is 11.4 Å². The number of halogens is 2. The molecular formula is C13H12BrFN2O2S. The van der Waals surface area contributed by atoms with Gasteiger partial charge in [-0.2, -0.15) is 0 Å². The van der Waals surface area contributed by atoms with E-state index in [9.17, 15) is 12.8 Å². The molecule has 0 unspecified atom stereocenters. The Labute approximate surface area is 125 Å². The Balaban J connectivity index is 2.13. The van der Waals surface area contributed by atoms with Crippen LogP contribution in [0.2, 0.25) is 0 Å². The molecular weight excluding hydrogens is 347 g/mol. The molecule has 4 nitrogen and oxygen atoms in total. The van der Waals surface area contributed by atoms with E-state index in [1.165, 1.54) is 0 Å². The van der Waals surface area contributed by atoms with Gasteiger partial charge in [0.15, 0.2) is 0 Å². The van der Waals surface area contributed by atoms with Crippen LogP contribution in [0.1, 0.15) is 11.1 Å². The smallest absolute Gasteiger partial charge is 0.242 e. The third-order valence-corrected chi connectivity index (χ3v) is 4.62. The molecule has 0 saturated heterocycles. The lowest BCUT2D eigenvalue weighted by atomic mass is 10.1. The molecule has 0 atom stereocenters. The zero-order valence-corrected chi connectivity index (χ0v) is 12.8. The number of hydrogen-bond acceptors (Lipinski definition) is 3. The van der Waals surface area contributed by atoms with Gasteiger partial charge in [0, 0.05) is 18.1 Å². The minimum absolute atomic E-state index is 0.139. The van der Waals surface area contributed by atoms with Gasteiger partial charge in [-0.15, -0.1) is 0 Å². The molecule has 2 aromatic rings. The predicted molar refractivity (Wildman–Crippen MR) is 77.3 cm³/mol. The van der Waals surface area contributed by atoms with E-state index in [2.05, 4.69) is 25.6 Å². The van der Waals surface area contributed by atoms with Gasteiger partial charge in [0.25, 0.3) is 0 Å². The van der Waals surface area contributed by atoms with Gasteiger partial charge < -0.3 is 0 Å². The molecule has 0 radical (unpaired) electrons. The van der Waals surface area contributed by atoms with Gasteiger partial charge in [0.05, 0.1) is 6.20 Å². The molecule has 20 heavy (non-hydrogen) atoms. The maximum Gasteiger partial charge on any atom is 0.242 e. The molecule has 0 spiro atoms. The number of rotatable bonds is 5. The van der Waals surface area contributed by atoms with Gasteiger partial charge in [-0.25, -0.2) is 17.5 Å². The highest BCUT2D eigenvalue weighted by atomic mass is 79.9. The quantitative estimate of drug-likeness (QED) is 0.835. The first-order valence-electron chi connectivity index (χ1n) is 5.75. The van der Waals surface area contributed by atoms with Crippen molar-refractivity contribution in [3.05, 3.63) is 59.7 Å². The second-order valence-electron chi connectivity index (χ2n) is 4.12. The summed E-state index contributed by atoms with van der Waals surface area (Å²) in [5.74, 6) is -0.686. The van der Waals surface area contributed by atoms with Crippen molar-refractivity contribution in [2.45, 2.75) is 16.8 Å². The van der Waals surface area contributed by atoms with E-state index in [1.54, 1.807) is 0 Å². The summed E-state index contributed by atoms with van der Waals surface area (Å²) in [7, 11) is -3.76. The average Bonchev–Trinajstić information content (AvgIpc) is 2.45. The second kappa shape index (κ2) is 6.43. The van der Waals surface area contributed by atoms with E-state index in [4.69, 9.17) is 0 Å². The largest absolute Gasteiger partial charge is 0.260 e. The Morgan fingerprint density at radius 1 is 1.20 bits per heavy atom. The van der Waals surface area contributed by atoms with Crippen molar-refractivity contribution in [1.29, 1.82) is 0 Å². The normalized spacial score (nSPS) is 11.5. The van der Waals surface area contributed by atoms with Crippen molar-refractivity contribution in [2.75, 3.05) is 0 Å². The van der Waals surface area contributed by atoms with Crippen molar-refractivity contribution < 1.29 is 12.8 Å². The number of aromatic nitrogens is 1. The second-order valence-corrected chi connectivity index (χ2v) is 6.44. The van der Waals surface area contributed by atoms with Crippen LogP contribution in [0.25, 0.3) is 0 Å². The lowest BCUT2D eigenvalue weighted by molar-refractivity contribution is 0.575. The molecule has 106 valence electrons. The topological polar surface area (TPSA) is 59.1 Å². The molecule has 0 aliphatic rings. The Kier molecular flexibility index (Phi) is 4.85. The minimum atomic E-state index is -3.76. The van der Waals surface area contributed by atoms with E-state index in [1.807, 2.05) is 24.3 Å². The van der Waals surface area contributed by atoms with Gasteiger partial charge in [-0.05, 0) is 17.2 Å². The van der Waals surface area contributed by atoms with Gasteiger partial charge in [-0.3, -0.25) is 4.98 Å². The third kappa shape index (κ3) is 3.84. The zero-order valence-electron chi connectivity index (χ0n) is 10.4. The molecule has 0 saturated carbocycles. The summed E-state index contributed by atoms with van der Waals surface area (Å²) < 4.78 is 39.4. The number of alkyl halides is 1. The highest BCUT2D eigenvalue weighted by Gasteiger charge is 2.14. The first-order chi connectivity index (χ1) is 9.51. The minimum Gasteiger partial charge on any atom is -0.260 e. The predicted octanol–water partition coefficient (Wildman–Crippen LogP) is 2.59. The van der Waals surface area contributed by atoms with Crippen LogP contribution >= 0.6 is 15.9 Å². The highest BCUT2D eigenvalue weighted by molar-refractivity contribution is 9.08. The maximum atomic E-state index is 13.0. The molecule has 0 fully saturated rings.